The molecule has 8 aromatic carbocycles. The fourth-order valence-electron chi connectivity index (χ4n) is 9.71. The lowest BCUT2D eigenvalue weighted by molar-refractivity contribution is -0.566. The molecule has 0 N–H and O–H groups in total. The minimum absolute atomic E-state index is 0. The number of fused-ring (bicyclic) bond motifs is 2. The molecule has 4 aliphatic carbocycles. The molecule has 0 spiro atoms. The summed E-state index contributed by atoms with van der Waals surface area (Å²) in [7, 11) is 0. The van der Waals surface area contributed by atoms with Crippen LogP contribution in [0.2, 0.25) is 0 Å². The lowest BCUT2D eigenvalue weighted by Gasteiger charge is -2.20. The van der Waals surface area contributed by atoms with Crippen LogP contribution in [0, 0.1) is 0 Å². The van der Waals surface area contributed by atoms with Gasteiger partial charge in [-0.25, -0.2) is 4.98 Å². The third-order valence-corrected chi connectivity index (χ3v) is 13.1. The van der Waals surface area contributed by atoms with Crippen LogP contribution in [0.4, 0.5) is 0 Å². The van der Waals surface area contributed by atoms with Gasteiger partial charge in [-0.1, -0.05) is 154 Å². The summed E-state index contributed by atoms with van der Waals surface area (Å²) in [6.45, 7) is 6.64. The first kappa shape index (κ1) is 32.9. The van der Waals surface area contributed by atoms with Crippen LogP contribution < -0.4 is 21.7 Å². The van der Waals surface area contributed by atoms with Crippen molar-refractivity contribution in [2.24, 2.45) is 0 Å². The Kier molecular flexibility index (Phi) is 8.45. The van der Waals surface area contributed by atoms with E-state index in [-0.39, 0.29) is 45.8 Å². The van der Waals surface area contributed by atoms with Crippen molar-refractivity contribution in [1.29, 1.82) is 0 Å². The molecular weight excluding hydrogens is 852 g/mol. The Morgan fingerprint density at radius 3 is 1.96 bits per heavy atom. The van der Waals surface area contributed by atoms with Crippen molar-refractivity contribution in [3.63, 3.8) is 0 Å². The molecule has 4 bridgehead atoms. The zero-order valence-electron chi connectivity index (χ0n) is 47.8. The van der Waals surface area contributed by atoms with E-state index >= 15 is 0 Å². The van der Waals surface area contributed by atoms with Crippen molar-refractivity contribution in [1.82, 2.24) is 14.1 Å². The van der Waals surface area contributed by atoms with Crippen LogP contribution in [0.15, 0.2) is 206 Å². The largest absolute Gasteiger partial charge is 1.00 e. The fourth-order valence-corrected chi connectivity index (χ4v) is 9.71. The highest BCUT2D eigenvalue weighted by Crippen LogP contribution is 2.41. The Hall–Kier alpha value is -7.73. The average Bonchev–Trinajstić information content (AvgIpc) is 4.07. The van der Waals surface area contributed by atoms with Gasteiger partial charge in [0.05, 0.1) is 24.7 Å². The molecule has 0 fully saturated rings. The lowest BCUT2D eigenvalue weighted by atomic mass is 9.88. The number of aryl methyl sites for hydroxylation is 4. The molecule has 0 radical (unpaired) electrons. The van der Waals surface area contributed by atoms with Crippen molar-refractivity contribution in [2.45, 2.75) is 51.9 Å². The number of pyridine rings is 1. The van der Waals surface area contributed by atoms with E-state index < -0.39 is 60.4 Å². The monoisotopic (exact) mass is 912 g/mol. The zero-order chi connectivity index (χ0) is 53.8. The molecule has 3 heterocycles. The maximum atomic E-state index is 9.08. The van der Waals surface area contributed by atoms with Gasteiger partial charge in [-0.15, -0.1) is 0 Å². The van der Waals surface area contributed by atoms with Gasteiger partial charge in [-0.3, -0.25) is 4.57 Å². The van der Waals surface area contributed by atoms with Crippen molar-refractivity contribution >= 4 is 32.8 Å². The quantitative estimate of drug-likeness (QED) is 0.149. The fraction of sp³-hybridized carbons (Fsp3) is 0.129. The summed E-state index contributed by atoms with van der Waals surface area (Å²) in [5.41, 5.74) is 10.8. The van der Waals surface area contributed by atoms with Gasteiger partial charge in [-0.05, 0) is 119 Å². The highest BCUT2D eigenvalue weighted by Gasteiger charge is 2.26. The van der Waals surface area contributed by atoms with E-state index in [0.717, 1.165) is 47.9 Å². The Labute approximate surface area is 418 Å². The number of aromatic nitrogens is 4. The van der Waals surface area contributed by atoms with Crippen LogP contribution in [0.5, 0.6) is 11.5 Å². The summed E-state index contributed by atoms with van der Waals surface area (Å²) in [6, 6.07) is 39.2. The molecule has 0 unspecified atom stereocenters. The van der Waals surface area contributed by atoms with Gasteiger partial charge in [0.15, 0.2) is 11.0 Å². The minimum atomic E-state index is -0.556. The normalized spacial score (nSPS) is 14.6. The molecule has 0 amide bonds. The van der Waals surface area contributed by atoms with E-state index in [1.54, 1.807) is 29.1 Å². The topological polar surface area (TPSA) is 35.9 Å². The molecule has 5 nitrogen and oxygen atoms in total. The summed E-state index contributed by atoms with van der Waals surface area (Å²) < 4.78 is 100. The molecule has 11 aromatic rings. The predicted molar refractivity (Wildman–Crippen MR) is 274 cm³/mol. The molecule has 6 heteroatoms. The van der Waals surface area contributed by atoms with Gasteiger partial charge >= 0.3 is 0 Å². The van der Waals surface area contributed by atoms with Gasteiger partial charge in [-0.2, -0.15) is 9.13 Å². The van der Waals surface area contributed by atoms with Crippen molar-refractivity contribution in [3.8, 4) is 50.9 Å². The summed E-state index contributed by atoms with van der Waals surface area (Å²) in [5, 5.41) is 2.33. The number of rotatable bonds is 7. The number of ether oxygens (including phenoxy) is 1. The van der Waals surface area contributed by atoms with E-state index in [9.17, 15) is 0 Å². The van der Waals surface area contributed by atoms with E-state index in [0.29, 0.717) is 28.2 Å². The summed E-state index contributed by atoms with van der Waals surface area (Å²) in [4.78, 5) is 5.05. The smallest absolute Gasteiger partial charge is 0.255 e. The molecule has 0 aliphatic heterocycles. The van der Waals surface area contributed by atoms with E-state index in [1.807, 2.05) is 65.4 Å². The van der Waals surface area contributed by atoms with Crippen LogP contribution >= 0.6 is 0 Å². The van der Waals surface area contributed by atoms with E-state index in [1.165, 1.54) is 33.2 Å². The molecule has 15 rings (SSSR count). The molecular formula is C62H51ClN4O. The van der Waals surface area contributed by atoms with Crippen LogP contribution in [-0.2, 0) is 31.1 Å². The third-order valence-electron chi connectivity index (χ3n) is 13.1. The van der Waals surface area contributed by atoms with Gasteiger partial charge in [0.1, 0.15) is 28.7 Å². The Morgan fingerprint density at radius 1 is 0.603 bits per heavy atom. The van der Waals surface area contributed by atoms with Gasteiger partial charge in [0, 0.05) is 40.2 Å². The van der Waals surface area contributed by atoms with Gasteiger partial charge in [0.25, 0.3) is 6.33 Å². The third kappa shape index (κ3) is 7.73. The summed E-state index contributed by atoms with van der Waals surface area (Å²) in [5.74, 6) is 2.00. The average molecular weight is 914 g/mol. The van der Waals surface area contributed by atoms with Crippen molar-refractivity contribution < 1.29 is 35.4 Å². The second-order valence-electron chi connectivity index (χ2n) is 18.2. The van der Waals surface area contributed by atoms with Crippen LogP contribution in [0.3, 0.4) is 0 Å². The molecule has 0 saturated heterocycles. The molecule has 4 aliphatic rings. The number of halogens is 1. The minimum Gasteiger partial charge on any atom is -1.00 e. The Bertz CT molecular complexity index is 4110. The standard InChI is InChI=1S/C62H51N4O.ClH/c1-62(2,3)48-36-37-63-58(38-48)66-57-40-51(34-35-54(57)59-46-30-28-42-24-26-43(27-25-42)29-31-47(33-32-46)60(59)66)67-50-19-12-18-49(39-50)64-41-65(56-23-11-10-22-55(56)64)61-52(44-14-6-4-7-15-44)20-13-21-53(61)45-16-8-5-9-17-45;/h4-27,32-41H,28-31H2,1-3H3;1H/q+1;/p-1/i4D,5D,6D,7D,8D,9D,14D,15D,16D,17D;. The van der Waals surface area contributed by atoms with Crippen LogP contribution in [-0.4, -0.2) is 14.1 Å². The number of nitrogens with zero attached hydrogens (tertiary/aromatic N) is 4. The maximum Gasteiger partial charge on any atom is 0.255 e. The number of benzene rings is 8. The molecule has 332 valence electrons. The molecule has 0 atom stereocenters. The van der Waals surface area contributed by atoms with Crippen LogP contribution in [0.25, 0.3) is 72.3 Å². The van der Waals surface area contributed by atoms with Crippen LogP contribution in [0.1, 0.15) is 62.3 Å². The SMILES string of the molecule is [2H]c1c([2H])c([2H])c(-c2cccc(-c3c([2H])c([2H])c([2H])c([2H])c3[2H])c2-[n+]2cn(-c3cccc(Oc4ccc5c6c7ccc(c6n(-c6cc(C(C)(C)C)ccn6)c5c4)CCc4ccc(cc4)CC7)c3)c3ccccc32)c([2H])c1[2H].[Cl-]. The number of hydrogen-bond donors (Lipinski definition) is 0. The molecule has 68 heavy (non-hydrogen) atoms. The lowest BCUT2D eigenvalue weighted by Crippen LogP contribution is -3.00. The predicted octanol–water partition coefficient (Wildman–Crippen LogP) is 11.7. The van der Waals surface area contributed by atoms with Crippen molar-refractivity contribution in [2.75, 3.05) is 0 Å². The molecule has 0 saturated carbocycles. The van der Waals surface area contributed by atoms with E-state index in [2.05, 4.69) is 86.0 Å². The van der Waals surface area contributed by atoms with Crippen molar-refractivity contribution in [3.05, 3.63) is 234 Å². The highest BCUT2D eigenvalue weighted by molar-refractivity contribution is 6.12. The summed E-state index contributed by atoms with van der Waals surface area (Å²) in [6.07, 6.45) is 7.24. The molecule has 3 aromatic heterocycles. The Morgan fingerprint density at radius 2 is 1.25 bits per heavy atom. The maximum absolute atomic E-state index is 9.08. The first-order chi connectivity index (χ1) is 37.0. The van der Waals surface area contributed by atoms with E-state index in [4.69, 9.17) is 23.4 Å². The zero-order valence-corrected chi connectivity index (χ0v) is 38.5. The van der Waals surface area contributed by atoms with Gasteiger partial charge < -0.3 is 17.1 Å². The first-order valence-electron chi connectivity index (χ1n) is 27.7. The van der Waals surface area contributed by atoms with Gasteiger partial charge in [0.2, 0.25) is 0 Å². The number of hydrogen-bond acceptors (Lipinski definition) is 2. The highest BCUT2D eigenvalue weighted by atomic mass is 35.5. The first-order valence-corrected chi connectivity index (χ1v) is 22.7. The number of para-hydroxylation sites is 3. The Balaban J connectivity index is 0.00000645. The second-order valence-corrected chi connectivity index (χ2v) is 18.2. The second kappa shape index (κ2) is 17.5. The number of imidazole rings is 1. The summed E-state index contributed by atoms with van der Waals surface area (Å²) >= 11 is 0.